The molecule has 1 amide bonds. The van der Waals surface area contributed by atoms with Gasteiger partial charge in [0, 0.05) is 25.1 Å². The monoisotopic (exact) mass is 251 g/mol. The molecule has 1 fully saturated rings. The maximum atomic E-state index is 12.0. The van der Waals surface area contributed by atoms with Crippen LogP contribution in [0.1, 0.15) is 12.0 Å². The predicted molar refractivity (Wildman–Crippen MR) is 69.4 cm³/mol. The Morgan fingerprint density at radius 2 is 2.41 bits per heavy atom. The molecule has 1 aliphatic rings. The Kier molecular flexibility index (Phi) is 4.07. The minimum atomic E-state index is 0.170. The fourth-order valence-electron chi connectivity index (χ4n) is 2.10. The van der Waals surface area contributed by atoms with Gasteiger partial charge in [-0.25, -0.2) is 0 Å². The van der Waals surface area contributed by atoms with Gasteiger partial charge in [-0.05, 0) is 24.1 Å². The molecular formula is C13H17NO2S. The summed E-state index contributed by atoms with van der Waals surface area (Å²) in [6.07, 6.45) is 1.59. The molecule has 0 aliphatic carbocycles. The maximum Gasteiger partial charge on any atom is 0.227 e. The molecule has 1 aromatic rings. The summed E-state index contributed by atoms with van der Waals surface area (Å²) in [6.45, 7) is 1.52. The van der Waals surface area contributed by atoms with Crippen LogP contribution in [0.3, 0.4) is 0 Å². The van der Waals surface area contributed by atoms with Crippen LogP contribution in [0.4, 0.5) is 0 Å². The van der Waals surface area contributed by atoms with Gasteiger partial charge in [0.2, 0.25) is 5.91 Å². The van der Waals surface area contributed by atoms with Crippen LogP contribution in [-0.2, 0) is 16.0 Å². The van der Waals surface area contributed by atoms with Gasteiger partial charge in [0.15, 0.2) is 0 Å². The molecule has 1 atom stereocenters. The first-order valence-electron chi connectivity index (χ1n) is 5.77. The van der Waals surface area contributed by atoms with E-state index in [1.165, 1.54) is 0 Å². The molecule has 1 saturated heterocycles. The van der Waals surface area contributed by atoms with Crippen molar-refractivity contribution in [1.82, 2.24) is 4.90 Å². The van der Waals surface area contributed by atoms with Crippen molar-refractivity contribution in [3.8, 4) is 0 Å². The third-order valence-electron chi connectivity index (χ3n) is 3.10. The van der Waals surface area contributed by atoms with Gasteiger partial charge in [-0.1, -0.05) is 12.1 Å². The van der Waals surface area contributed by atoms with E-state index in [9.17, 15) is 4.79 Å². The van der Waals surface area contributed by atoms with Crippen molar-refractivity contribution in [2.45, 2.75) is 23.8 Å². The van der Waals surface area contributed by atoms with Gasteiger partial charge in [0.1, 0.15) is 0 Å². The molecule has 1 heterocycles. The normalized spacial score (nSPS) is 19.6. The summed E-state index contributed by atoms with van der Waals surface area (Å²) in [7, 11) is 1.70. The molecule has 17 heavy (non-hydrogen) atoms. The second-order valence-corrected chi connectivity index (χ2v) is 4.85. The van der Waals surface area contributed by atoms with Crippen molar-refractivity contribution in [1.29, 1.82) is 0 Å². The average Bonchev–Trinajstić information content (AvgIpc) is 2.77. The molecule has 92 valence electrons. The topological polar surface area (TPSA) is 29.5 Å². The summed E-state index contributed by atoms with van der Waals surface area (Å²) in [5, 5.41) is 0. The van der Waals surface area contributed by atoms with Gasteiger partial charge >= 0.3 is 0 Å². The number of hydrogen-bond acceptors (Lipinski definition) is 3. The van der Waals surface area contributed by atoms with Gasteiger partial charge in [0.05, 0.1) is 12.5 Å². The summed E-state index contributed by atoms with van der Waals surface area (Å²) in [5.74, 6) is 0.170. The molecule has 1 unspecified atom stereocenters. The fraction of sp³-hybridized carbons (Fsp3) is 0.462. The lowest BCUT2D eigenvalue weighted by molar-refractivity contribution is -0.129. The van der Waals surface area contributed by atoms with Crippen molar-refractivity contribution in [3.05, 3.63) is 29.8 Å². The molecule has 0 radical (unpaired) electrons. The number of carbonyl (C=O) groups excluding carboxylic acids is 1. The summed E-state index contributed by atoms with van der Waals surface area (Å²) in [6, 6.07) is 7.73. The first-order chi connectivity index (χ1) is 8.19. The van der Waals surface area contributed by atoms with Crippen LogP contribution in [0.2, 0.25) is 0 Å². The number of thiol groups is 1. The van der Waals surface area contributed by atoms with E-state index in [1.54, 1.807) is 7.11 Å². The zero-order chi connectivity index (χ0) is 12.3. The van der Waals surface area contributed by atoms with E-state index >= 15 is 0 Å². The minimum Gasteiger partial charge on any atom is -0.380 e. The van der Waals surface area contributed by atoms with Crippen LogP contribution in [0.5, 0.6) is 0 Å². The number of carbonyl (C=O) groups is 1. The number of hydrogen-bond donors (Lipinski definition) is 1. The molecule has 0 N–H and O–H groups in total. The fourth-order valence-corrected chi connectivity index (χ4v) is 2.35. The predicted octanol–water partition coefficient (Wildman–Crippen LogP) is 1.77. The molecule has 0 spiro atoms. The smallest absolute Gasteiger partial charge is 0.227 e. The van der Waals surface area contributed by atoms with Crippen LogP contribution in [0, 0.1) is 0 Å². The highest BCUT2D eigenvalue weighted by atomic mass is 32.1. The molecule has 2 rings (SSSR count). The second-order valence-electron chi connectivity index (χ2n) is 4.33. The Morgan fingerprint density at radius 3 is 3.06 bits per heavy atom. The van der Waals surface area contributed by atoms with Gasteiger partial charge in [-0.15, -0.1) is 12.6 Å². The van der Waals surface area contributed by atoms with Gasteiger partial charge in [0.25, 0.3) is 0 Å². The average molecular weight is 251 g/mol. The first kappa shape index (κ1) is 12.5. The van der Waals surface area contributed by atoms with Crippen LogP contribution in [-0.4, -0.2) is 37.1 Å². The van der Waals surface area contributed by atoms with E-state index in [1.807, 2.05) is 29.2 Å². The number of nitrogens with zero attached hydrogens (tertiary/aromatic N) is 1. The van der Waals surface area contributed by atoms with Crippen molar-refractivity contribution in [2.24, 2.45) is 0 Å². The molecule has 1 aliphatic heterocycles. The Hall–Kier alpha value is -1.00. The zero-order valence-electron chi connectivity index (χ0n) is 9.93. The summed E-state index contributed by atoms with van der Waals surface area (Å²) in [4.78, 5) is 14.8. The SMILES string of the molecule is COC1CCN(C(=O)Cc2cccc(S)c2)C1. The molecule has 3 nitrogen and oxygen atoms in total. The van der Waals surface area contributed by atoms with E-state index in [2.05, 4.69) is 12.6 Å². The number of ether oxygens (including phenoxy) is 1. The first-order valence-corrected chi connectivity index (χ1v) is 6.22. The minimum absolute atomic E-state index is 0.170. The van der Waals surface area contributed by atoms with E-state index < -0.39 is 0 Å². The summed E-state index contributed by atoms with van der Waals surface area (Å²) < 4.78 is 5.25. The lowest BCUT2D eigenvalue weighted by Gasteiger charge is -2.16. The Balaban J connectivity index is 1.93. The van der Waals surface area contributed by atoms with E-state index in [0.29, 0.717) is 6.42 Å². The second kappa shape index (κ2) is 5.56. The Labute approximate surface area is 107 Å². The van der Waals surface area contributed by atoms with Crippen molar-refractivity contribution in [3.63, 3.8) is 0 Å². The highest BCUT2D eigenvalue weighted by molar-refractivity contribution is 7.80. The van der Waals surface area contributed by atoms with E-state index in [4.69, 9.17) is 4.74 Å². The molecule has 0 saturated carbocycles. The lowest BCUT2D eigenvalue weighted by Crippen LogP contribution is -2.31. The van der Waals surface area contributed by atoms with Gasteiger partial charge < -0.3 is 9.64 Å². The molecule has 0 bridgehead atoms. The summed E-state index contributed by atoms with van der Waals surface area (Å²) >= 11 is 4.27. The zero-order valence-corrected chi connectivity index (χ0v) is 10.8. The largest absolute Gasteiger partial charge is 0.380 e. The van der Waals surface area contributed by atoms with Crippen LogP contribution in [0.25, 0.3) is 0 Å². The third-order valence-corrected chi connectivity index (χ3v) is 3.38. The van der Waals surface area contributed by atoms with Crippen molar-refractivity contribution < 1.29 is 9.53 Å². The highest BCUT2D eigenvalue weighted by Gasteiger charge is 2.25. The Morgan fingerprint density at radius 1 is 1.59 bits per heavy atom. The van der Waals surface area contributed by atoms with E-state index in [0.717, 1.165) is 30.0 Å². The van der Waals surface area contributed by atoms with Crippen molar-refractivity contribution >= 4 is 18.5 Å². The number of methoxy groups -OCH3 is 1. The third kappa shape index (κ3) is 3.23. The molecule has 4 heteroatoms. The highest BCUT2D eigenvalue weighted by Crippen LogP contribution is 2.15. The number of rotatable bonds is 3. The van der Waals surface area contributed by atoms with Gasteiger partial charge in [-0.2, -0.15) is 0 Å². The van der Waals surface area contributed by atoms with Gasteiger partial charge in [-0.3, -0.25) is 4.79 Å². The maximum absolute atomic E-state index is 12.0. The number of likely N-dealkylation sites (tertiary alicyclic amines) is 1. The van der Waals surface area contributed by atoms with Crippen LogP contribution in [0.15, 0.2) is 29.2 Å². The Bertz CT molecular complexity index is 408. The number of benzene rings is 1. The lowest BCUT2D eigenvalue weighted by atomic mass is 10.1. The molecule has 0 aromatic heterocycles. The molecule has 1 aromatic carbocycles. The standard InChI is InChI=1S/C13H17NO2S/c1-16-11-5-6-14(9-11)13(15)8-10-3-2-4-12(17)7-10/h2-4,7,11,17H,5-6,8-9H2,1H3. The quantitative estimate of drug-likeness (QED) is 0.830. The van der Waals surface area contributed by atoms with Crippen molar-refractivity contribution in [2.75, 3.05) is 20.2 Å². The molecular weight excluding hydrogens is 234 g/mol. The van der Waals surface area contributed by atoms with Crippen LogP contribution >= 0.6 is 12.6 Å². The van der Waals surface area contributed by atoms with Crippen LogP contribution < -0.4 is 0 Å². The van der Waals surface area contributed by atoms with E-state index in [-0.39, 0.29) is 12.0 Å². The summed E-state index contributed by atoms with van der Waals surface area (Å²) in [5.41, 5.74) is 1.02. The number of amides is 1.